The van der Waals surface area contributed by atoms with E-state index in [1.54, 1.807) is 26.0 Å². The fourth-order valence-corrected chi connectivity index (χ4v) is 2.46. The lowest BCUT2D eigenvalue weighted by molar-refractivity contribution is -0.384. The number of para-hydroxylation sites is 1. The number of carbonyl (C=O) groups is 1. The number of benzene rings is 2. The molecule has 3 rings (SSSR count). The van der Waals surface area contributed by atoms with Crippen molar-refractivity contribution in [3.05, 3.63) is 69.2 Å². The van der Waals surface area contributed by atoms with Gasteiger partial charge in [0.2, 0.25) is 0 Å². The van der Waals surface area contributed by atoms with Crippen LogP contribution >= 0.6 is 0 Å². The average Bonchev–Trinajstić information content (AvgIpc) is 2.88. The molecule has 0 bridgehead atoms. The van der Waals surface area contributed by atoms with Crippen LogP contribution in [-0.4, -0.2) is 10.8 Å². The summed E-state index contributed by atoms with van der Waals surface area (Å²) in [7, 11) is 0. The Kier molecular flexibility index (Phi) is 3.76. The number of nitro groups is 1. The van der Waals surface area contributed by atoms with E-state index in [1.165, 1.54) is 24.3 Å². The second kappa shape index (κ2) is 5.77. The molecule has 1 aromatic heterocycles. The van der Waals surface area contributed by atoms with Crippen LogP contribution in [0.5, 0.6) is 0 Å². The minimum absolute atomic E-state index is 0.0101. The van der Waals surface area contributed by atoms with Gasteiger partial charge in [-0.2, -0.15) is 0 Å². The fraction of sp³-hybridized carbons (Fsp3) is 0.118. The number of nitrogens with zero attached hydrogens (tertiary/aromatic N) is 1. The van der Waals surface area contributed by atoms with Crippen LogP contribution in [0.25, 0.3) is 11.0 Å². The van der Waals surface area contributed by atoms with E-state index in [9.17, 15) is 19.3 Å². The van der Waals surface area contributed by atoms with Crippen LogP contribution in [0.3, 0.4) is 0 Å². The van der Waals surface area contributed by atoms with E-state index in [0.717, 1.165) is 0 Å². The third-order valence-corrected chi connectivity index (χ3v) is 3.80. The number of furan rings is 1. The highest BCUT2D eigenvalue weighted by Gasteiger charge is 2.20. The topological polar surface area (TPSA) is 85.4 Å². The molecule has 2 aromatic carbocycles. The van der Waals surface area contributed by atoms with Crippen molar-refractivity contribution in [2.45, 2.75) is 13.8 Å². The maximum atomic E-state index is 13.8. The van der Waals surface area contributed by atoms with Gasteiger partial charge in [0.25, 0.3) is 11.6 Å². The second-order valence-electron chi connectivity index (χ2n) is 5.38. The molecular formula is C17H13FN2O4. The van der Waals surface area contributed by atoms with Gasteiger partial charge >= 0.3 is 0 Å². The monoisotopic (exact) mass is 328 g/mol. The highest BCUT2D eigenvalue weighted by atomic mass is 19.1. The molecule has 7 heteroatoms. The van der Waals surface area contributed by atoms with Gasteiger partial charge in [0.05, 0.1) is 10.6 Å². The van der Waals surface area contributed by atoms with E-state index in [4.69, 9.17) is 4.42 Å². The Balaban J connectivity index is 1.99. The zero-order chi connectivity index (χ0) is 17.4. The van der Waals surface area contributed by atoms with Gasteiger partial charge in [0, 0.05) is 23.1 Å². The van der Waals surface area contributed by atoms with Gasteiger partial charge in [-0.3, -0.25) is 14.9 Å². The Bertz CT molecular complexity index is 978. The molecule has 0 aliphatic heterocycles. The number of fused-ring (bicyclic) bond motifs is 1. The van der Waals surface area contributed by atoms with E-state index in [-0.39, 0.29) is 17.0 Å². The van der Waals surface area contributed by atoms with Crippen molar-refractivity contribution in [1.29, 1.82) is 0 Å². The van der Waals surface area contributed by atoms with Crippen LogP contribution < -0.4 is 5.32 Å². The number of aryl methyl sites for hydroxylation is 2. The summed E-state index contributed by atoms with van der Waals surface area (Å²) in [5, 5.41) is 14.0. The maximum Gasteiger partial charge on any atom is 0.291 e. The largest absolute Gasteiger partial charge is 0.448 e. The molecule has 0 fully saturated rings. The fourth-order valence-electron chi connectivity index (χ4n) is 2.46. The molecule has 0 atom stereocenters. The molecule has 1 amide bonds. The van der Waals surface area contributed by atoms with E-state index in [2.05, 4.69) is 5.32 Å². The van der Waals surface area contributed by atoms with Gasteiger partial charge in [-0.1, -0.05) is 18.2 Å². The number of non-ortho nitro benzene ring substituents is 1. The van der Waals surface area contributed by atoms with Crippen LogP contribution in [0, 0.1) is 29.8 Å². The van der Waals surface area contributed by atoms with E-state index < -0.39 is 16.6 Å². The Morgan fingerprint density at radius 1 is 1.25 bits per heavy atom. The number of nitrogens with one attached hydrogen (secondary N) is 1. The summed E-state index contributed by atoms with van der Waals surface area (Å²) in [4.78, 5) is 22.8. The molecule has 0 saturated carbocycles. The van der Waals surface area contributed by atoms with Crippen molar-refractivity contribution in [2.24, 2.45) is 0 Å². The summed E-state index contributed by atoms with van der Waals surface area (Å²) in [6, 6.07) is 8.61. The minimum atomic E-state index is -0.591. The van der Waals surface area contributed by atoms with Gasteiger partial charge in [0.15, 0.2) is 17.2 Å². The van der Waals surface area contributed by atoms with Gasteiger partial charge in [-0.05, 0) is 25.5 Å². The van der Waals surface area contributed by atoms with Crippen molar-refractivity contribution >= 4 is 28.3 Å². The average molecular weight is 328 g/mol. The molecule has 0 radical (unpaired) electrons. The first-order valence-corrected chi connectivity index (χ1v) is 7.12. The molecule has 0 saturated heterocycles. The van der Waals surface area contributed by atoms with Crippen molar-refractivity contribution in [2.75, 3.05) is 5.32 Å². The zero-order valence-electron chi connectivity index (χ0n) is 12.9. The number of carbonyl (C=O) groups excluding carboxylic acids is 1. The molecule has 0 unspecified atom stereocenters. The normalized spacial score (nSPS) is 10.8. The van der Waals surface area contributed by atoms with E-state index >= 15 is 0 Å². The first-order chi connectivity index (χ1) is 11.4. The molecule has 0 aliphatic rings. The lowest BCUT2D eigenvalue weighted by Gasteiger charge is -2.07. The highest BCUT2D eigenvalue weighted by Crippen LogP contribution is 2.29. The summed E-state index contributed by atoms with van der Waals surface area (Å²) in [6.45, 7) is 3.37. The Labute approximate surface area is 136 Å². The van der Waals surface area contributed by atoms with Gasteiger partial charge in [0.1, 0.15) is 0 Å². The predicted molar refractivity (Wildman–Crippen MR) is 86.7 cm³/mol. The number of hydrogen-bond donors (Lipinski definition) is 1. The van der Waals surface area contributed by atoms with Crippen LogP contribution in [0.4, 0.5) is 15.8 Å². The Morgan fingerprint density at radius 2 is 2.00 bits per heavy atom. The highest BCUT2D eigenvalue weighted by molar-refractivity contribution is 6.06. The molecule has 6 nitrogen and oxygen atoms in total. The number of anilines is 1. The van der Waals surface area contributed by atoms with Crippen LogP contribution in [0.2, 0.25) is 0 Å². The number of halogens is 1. The SMILES string of the molecule is Cc1ccc([N+](=O)[O-])cc1NC(=O)c1oc2c(F)cccc2c1C. The molecule has 0 spiro atoms. The van der Waals surface area contributed by atoms with Crippen LogP contribution in [0.15, 0.2) is 40.8 Å². The summed E-state index contributed by atoms with van der Waals surface area (Å²) in [5.41, 5.74) is 1.34. The van der Waals surface area contributed by atoms with Crippen molar-refractivity contribution in [1.82, 2.24) is 0 Å². The molecule has 0 aliphatic carbocycles. The Morgan fingerprint density at radius 3 is 2.67 bits per heavy atom. The number of amides is 1. The van der Waals surface area contributed by atoms with Gasteiger partial charge < -0.3 is 9.73 Å². The maximum absolute atomic E-state index is 13.8. The lowest BCUT2D eigenvalue weighted by atomic mass is 10.1. The van der Waals surface area contributed by atoms with E-state index in [1.807, 2.05) is 0 Å². The molecule has 24 heavy (non-hydrogen) atoms. The molecule has 3 aromatic rings. The summed E-state index contributed by atoms with van der Waals surface area (Å²) >= 11 is 0. The van der Waals surface area contributed by atoms with Crippen molar-refractivity contribution < 1.29 is 18.5 Å². The summed E-state index contributed by atoms with van der Waals surface area (Å²) in [6.07, 6.45) is 0. The minimum Gasteiger partial charge on any atom is -0.448 e. The lowest BCUT2D eigenvalue weighted by Crippen LogP contribution is -2.13. The summed E-state index contributed by atoms with van der Waals surface area (Å²) in [5.74, 6) is -1.17. The molecule has 122 valence electrons. The van der Waals surface area contributed by atoms with Crippen LogP contribution in [0.1, 0.15) is 21.7 Å². The third kappa shape index (κ3) is 2.60. The zero-order valence-corrected chi connectivity index (χ0v) is 12.9. The quantitative estimate of drug-likeness (QED) is 0.572. The van der Waals surface area contributed by atoms with Gasteiger partial charge in [-0.15, -0.1) is 0 Å². The molecular weight excluding hydrogens is 315 g/mol. The van der Waals surface area contributed by atoms with Crippen molar-refractivity contribution in [3.63, 3.8) is 0 Å². The number of hydrogen-bond acceptors (Lipinski definition) is 4. The third-order valence-electron chi connectivity index (χ3n) is 3.80. The predicted octanol–water partition coefficient (Wildman–Crippen LogP) is 4.35. The first-order valence-electron chi connectivity index (χ1n) is 7.12. The molecule has 1 heterocycles. The second-order valence-corrected chi connectivity index (χ2v) is 5.38. The molecule has 1 N–H and O–H groups in total. The van der Waals surface area contributed by atoms with Gasteiger partial charge in [-0.25, -0.2) is 4.39 Å². The Hall–Kier alpha value is -3.22. The van der Waals surface area contributed by atoms with Crippen molar-refractivity contribution in [3.8, 4) is 0 Å². The number of nitro benzene ring substituents is 1. The van der Waals surface area contributed by atoms with Crippen LogP contribution in [-0.2, 0) is 0 Å². The number of rotatable bonds is 3. The summed E-state index contributed by atoms with van der Waals surface area (Å²) < 4.78 is 19.1. The standard InChI is InChI=1S/C17H13FN2O4/c1-9-6-7-11(20(22)23)8-14(9)19-17(21)15-10(2)12-4-3-5-13(18)16(12)24-15/h3-8H,1-2H3,(H,19,21). The smallest absolute Gasteiger partial charge is 0.291 e. The van der Waals surface area contributed by atoms with E-state index in [0.29, 0.717) is 22.2 Å². The first kappa shape index (κ1) is 15.7.